The van der Waals surface area contributed by atoms with Crippen LogP contribution in [0.2, 0.25) is 0 Å². The third-order valence-corrected chi connectivity index (χ3v) is 4.09. The smallest absolute Gasteiger partial charge is 0.360 e. The van der Waals surface area contributed by atoms with E-state index in [-0.39, 0.29) is 5.69 Å². The van der Waals surface area contributed by atoms with Crippen LogP contribution in [-0.2, 0) is 9.53 Å². The third-order valence-electron chi connectivity index (χ3n) is 4.09. The van der Waals surface area contributed by atoms with E-state index in [0.29, 0.717) is 11.2 Å². The van der Waals surface area contributed by atoms with Crippen molar-refractivity contribution in [1.82, 2.24) is 14.6 Å². The highest BCUT2D eigenvalue weighted by molar-refractivity contribution is 5.96. The van der Waals surface area contributed by atoms with Gasteiger partial charge in [-0.25, -0.2) is 14.3 Å². The fourth-order valence-electron chi connectivity index (χ4n) is 2.65. The molecule has 1 aromatic carbocycles. The first kappa shape index (κ1) is 17.2. The first-order chi connectivity index (χ1) is 13.6. The minimum Gasteiger partial charge on any atom is -0.435 e. The highest BCUT2D eigenvalue weighted by Crippen LogP contribution is 2.22. The Hall–Kier alpha value is -4.18. The molecule has 1 amide bonds. The number of esters is 1. The number of benzene rings is 1. The Labute approximate surface area is 160 Å². The second-order valence-electron chi connectivity index (χ2n) is 6.06. The molecule has 3 aromatic rings. The van der Waals surface area contributed by atoms with Crippen LogP contribution in [0.3, 0.4) is 0 Å². The zero-order valence-electron chi connectivity index (χ0n) is 14.6. The van der Waals surface area contributed by atoms with E-state index in [4.69, 9.17) is 10.5 Å². The number of aromatic nitrogens is 3. The van der Waals surface area contributed by atoms with E-state index in [1.165, 1.54) is 22.7 Å². The molecule has 0 saturated heterocycles. The van der Waals surface area contributed by atoms with Crippen LogP contribution in [0.25, 0.3) is 5.65 Å². The molecule has 2 heterocycles. The summed E-state index contributed by atoms with van der Waals surface area (Å²) in [5.41, 5.74) is 5.74. The van der Waals surface area contributed by atoms with Crippen LogP contribution >= 0.6 is 0 Å². The quantitative estimate of drug-likeness (QED) is 0.558. The predicted molar refractivity (Wildman–Crippen MR) is 101 cm³/mol. The molecule has 1 aliphatic carbocycles. The Morgan fingerprint density at radius 1 is 1.07 bits per heavy atom. The number of fused-ring (bicyclic) bond motifs is 1. The summed E-state index contributed by atoms with van der Waals surface area (Å²) in [6.07, 6.45) is 9.25. The van der Waals surface area contributed by atoms with Crippen molar-refractivity contribution in [1.29, 1.82) is 0 Å². The van der Waals surface area contributed by atoms with Crippen molar-refractivity contribution in [3.63, 3.8) is 0 Å². The van der Waals surface area contributed by atoms with Crippen LogP contribution in [-0.4, -0.2) is 32.1 Å². The van der Waals surface area contributed by atoms with Gasteiger partial charge in [-0.1, -0.05) is 42.2 Å². The Morgan fingerprint density at radius 2 is 1.79 bits per heavy atom. The molecule has 7 heteroatoms. The molecule has 0 unspecified atom stereocenters. The maximum absolute atomic E-state index is 12.4. The van der Waals surface area contributed by atoms with Crippen molar-refractivity contribution < 1.29 is 14.3 Å². The Kier molecular flexibility index (Phi) is 4.22. The number of primary amides is 1. The molecule has 7 nitrogen and oxygen atoms in total. The molecule has 2 N–H and O–H groups in total. The van der Waals surface area contributed by atoms with Crippen molar-refractivity contribution in [2.24, 2.45) is 5.73 Å². The van der Waals surface area contributed by atoms with E-state index in [0.717, 1.165) is 5.56 Å². The number of hydrogen-bond donors (Lipinski definition) is 1. The number of rotatable bonds is 3. The van der Waals surface area contributed by atoms with Gasteiger partial charge in [-0.15, -0.1) is 0 Å². The molecule has 0 radical (unpaired) electrons. The van der Waals surface area contributed by atoms with E-state index >= 15 is 0 Å². The molecule has 0 bridgehead atoms. The van der Waals surface area contributed by atoms with Gasteiger partial charge in [0.15, 0.2) is 11.3 Å². The van der Waals surface area contributed by atoms with Crippen LogP contribution in [0.15, 0.2) is 73.1 Å². The van der Waals surface area contributed by atoms with Crippen LogP contribution in [0.4, 0.5) is 0 Å². The van der Waals surface area contributed by atoms with Gasteiger partial charge in [0.1, 0.15) is 0 Å². The predicted octanol–water partition coefficient (Wildman–Crippen LogP) is 1.64. The molecular formula is C21H14N4O3. The number of ether oxygens (including phenoxy) is 1. The maximum Gasteiger partial charge on any atom is 0.360 e. The third kappa shape index (κ3) is 3.27. The van der Waals surface area contributed by atoms with Crippen LogP contribution in [0.1, 0.15) is 21.6 Å². The lowest BCUT2D eigenvalue weighted by Gasteiger charge is -2.20. The second kappa shape index (κ2) is 6.85. The van der Waals surface area contributed by atoms with Gasteiger partial charge in [-0.3, -0.25) is 4.79 Å². The molecule has 0 aliphatic heterocycles. The lowest BCUT2D eigenvalue weighted by Crippen LogP contribution is -2.43. The molecule has 0 saturated carbocycles. The molecule has 4 rings (SSSR count). The molecule has 0 atom stereocenters. The first-order valence-corrected chi connectivity index (χ1v) is 8.39. The summed E-state index contributed by atoms with van der Waals surface area (Å²) >= 11 is 0. The van der Waals surface area contributed by atoms with Gasteiger partial charge in [-0.05, 0) is 24.3 Å². The number of carbonyl (C=O) groups is 2. The molecular weight excluding hydrogens is 356 g/mol. The van der Waals surface area contributed by atoms with E-state index in [1.54, 1.807) is 24.5 Å². The summed E-state index contributed by atoms with van der Waals surface area (Å²) in [7, 11) is 0. The standard InChI is InChI=1S/C21H14N4O3/c22-20(27)21(10-4-5-11-21)28-19(26)17-12-18-23-13-16(14-25(18)24-17)9-8-15-6-2-1-3-7-15/h1-7,10-14H,(H2,22,27). The van der Waals surface area contributed by atoms with Gasteiger partial charge in [0.2, 0.25) is 5.60 Å². The summed E-state index contributed by atoms with van der Waals surface area (Å²) in [6, 6.07) is 11.0. The van der Waals surface area contributed by atoms with Gasteiger partial charge in [0.05, 0.1) is 5.56 Å². The fourth-order valence-corrected chi connectivity index (χ4v) is 2.65. The topological polar surface area (TPSA) is 99.6 Å². The summed E-state index contributed by atoms with van der Waals surface area (Å²) in [5.74, 6) is 4.47. The maximum atomic E-state index is 12.4. The Morgan fingerprint density at radius 3 is 2.50 bits per heavy atom. The summed E-state index contributed by atoms with van der Waals surface area (Å²) in [4.78, 5) is 28.4. The molecule has 28 heavy (non-hydrogen) atoms. The zero-order chi connectivity index (χ0) is 19.6. The van der Waals surface area contributed by atoms with Crippen LogP contribution < -0.4 is 5.73 Å². The second-order valence-corrected chi connectivity index (χ2v) is 6.06. The van der Waals surface area contributed by atoms with E-state index in [2.05, 4.69) is 21.9 Å². The Bertz CT molecular complexity index is 1180. The van der Waals surface area contributed by atoms with Gasteiger partial charge >= 0.3 is 5.97 Å². The van der Waals surface area contributed by atoms with Gasteiger partial charge in [0.25, 0.3) is 5.91 Å². The van der Waals surface area contributed by atoms with Crippen LogP contribution in [0, 0.1) is 11.8 Å². The SMILES string of the molecule is NC(=O)C1(OC(=O)c2cc3ncc(C#Cc4ccccc4)cn3n2)C=CC=C1. The van der Waals surface area contributed by atoms with Gasteiger partial charge < -0.3 is 10.5 Å². The lowest BCUT2D eigenvalue weighted by molar-refractivity contribution is -0.129. The lowest BCUT2D eigenvalue weighted by atomic mass is 10.1. The molecule has 0 fully saturated rings. The highest BCUT2D eigenvalue weighted by Gasteiger charge is 2.38. The summed E-state index contributed by atoms with van der Waals surface area (Å²) < 4.78 is 6.73. The van der Waals surface area contributed by atoms with Crippen molar-refractivity contribution in [3.05, 3.63) is 89.9 Å². The fraction of sp³-hybridized carbons (Fsp3) is 0.0476. The minimum absolute atomic E-state index is 0.00925. The number of allylic oxidation sites excluding steroid dienone is 2. The number of carbonyl (C=O) groups excluding carboxylic acids is 2. The summed E-state index contributed by atoms with van der Waals surface area (Å²) in [5, 5.41) is 4.17. The van der Waals surface area contributed by atoms with E-state index in [9.17, 15) is 9.59 Å². The van der Waals surface area contributed by atoms with Crippen molar-refractivity contribution in [2.75, 3.05) is 0 Å². The van der Waals surface area contributed by atoms with E-state index in [1.807, 2.05) is 30.3 Å². The molecule has 1 aliphatic rings. The average molecular weight is 370 g/mol. The first-order valence-electron chi connectivity index (χ1n) is 8.39. The molecule has 136 valence electrons. The molecule has 0 spiro atoms. The minimum atomic E-state index is -1.59. The largest absolute Gasteiger partial charge is 0.435 e. The monoisotopic (exact) mass is 370 g/mol. The van der Waals surface area contributed by atoms with E-state index < -0.39 is 17.5 Å². The van der Waals surface area contributed by atoms with Crippen LogP contribution in [0.5, 0.6) is 0 Å². The number of hydrogen-bond acceptors (Lipinski definition) is 5. The molecule has 2 aromatic heterocycles. The average Bonchev–Trinajstić information content (AvgIpc) is 3.34. The zero-order valence-corrected chi connectivity index (χ0v) is 14.6. The summed E-state index contributed by atoms with van der Waals surface area (Å²) in [6.45, 7) is 0. The Balaban J connectivity index is 1.59. The van der Waals surface area contributed by atoms with Gasteiger partial charge in [-0.2, -0.15) is 5.10 Å². The van der Waals surface area contributed by atoms with Gasteiger partial charge in [0, 0.05) is 24.0 Å². The van der Waals surface area contributed by atoms with Crippen molar-refractivity contribution in [2.45, 2.75) is 5.60 Å². The highest BCUT2D eigenvalue weighted by atomic mass is 16.6. The number of amides is 1. The normalized spacial score (nSPS) is 13.9. The van der Waals surface area contributed by atoms with Crippen molar-refractivity contribution >= 4 is 17.5 Å². The number of nitrogens with zero attached hydrogens (tertiary/aromatic N) is 3. The van der Waals surface area contributed by atoms with Crippen molar-refractivity contribution in [3.8, 4) is 11.8 Å². The number of nitrogens with two attached hydrogens (primary N) is 1.